The van der Waals surface area contributed by atoms with Crippen molar-refractivity contribution in [3.05, 3.63) is 59.7 Å². The Bertz CT molecular complexity index is 1040. The van der Waals surface area contributed by atoms with Crippen LogP contribution in [0.15, 0.2) is 52.9 Å². The molecule has 0 fully saturated rings. The van der Waals surface area contributed by atoms with E-state index in [1.54, 1.807) is 24.3 Å². The molecule has 1 aromatic heterocycles. The summed E-state index contributed by atoms with van der Waals surface area (Å²) in [4.78, 5) is 23.9. The van der Waals surface area contributed by atoms with Crippen LogP contribution in [-0.2, 0) is 20.8 Å². The minimum absolute atomic E-state index is 0.108. The summed E-state index contributed by atoms with van der Waals surface area (Å²) >= 11 is 0. The zero-order valence-corrected chi connectivity index (χ0v) is 17.9. The predicted molar refractivity (Wildman–Crippen MR) is 114 cm³/mol. The highest BCUT2D eigenvalue weighted by molar-refractivity contribution is 5.96. The van der Waals surface area contributed by atoms with Crippen LogP contribution in [0.5, 0.6) is 0 Å². The summed E-state index contributed by atoms with van der Waals surface area (Å²) in [5.74, 6) is -0.0732. The molecule has 1 N–H and O–H groups in total. The third-order valence-corrected chi connectivity index (χ3v) is 4.84. The van der Waals surface area contributed by atoms with Crippen LogP contribution < -0.4 is 5.32 Å². The van der Waals surface area contributed by atoms with E-state index < -0.39 is 5.97 Å². The maximum atomic E-state index is 12.0. The number of esters is 2. The number of nitrogens with zero attached hydrogens (tertiary/aromatic N) is 2. The van der Waals surface area contributed by atoms with E-state index in [1.165, 1.54) is 14.2 Å². The summed E-state index contributed by atoms with van der Waals surface area (Å²) in [7, 11) is 2.71. The van der Waals surface area contributed by atoms with Gasteiger partial charge in [-0.3, -0.25) is 4.79 Å². The third-order valence-electron chi connectivity index (χ3n) is 4.84. The molecule has 162 valence electrons. The Balaban J connectivity index is 1.74. The molecular formula is C23H25N3O5. The molecular weight excluding hydrogens is 398 g/mol. The second-order valence-corrected chi connectivity index (χ2v) is 7.27. The van der Waals surface area contributed by atoms with Gasteiger partial charge < -0.3 is 19.2 Å². The SMILES string of the molecule is COC(=O)c1ccccc1-c1nnc(-c2ccc(CN[C@H](C(=O)OC)C(C)C)cc2)o1. The molecule has 0 saturated heterocycles. The zero-order chi connectivity index (χ0) is 22.4. The van der Waals surface area contributed by atoms with Crippen molar-refractivity contribution in [3.63, 3.8) is 0 Å². The second kappa shape index (κ2) is 9.99. The van der Waals surface area contributed by atoms with E-state index in [0.717, 1.165) is 11.1 Å². The molecule has 1 atom stereocenters. The summed E-state index contributed by atoms with van der Waals surface area (Å²) < 4.78 is 15.5. The molecule has 0 aliphatic carbocycles. The van der Waals surface area contributed by atoms with Gasteiger partial charge in [0.2, 0.25) is 11.8 Å². The highest BCUT2D eigenvalue weighted by Crippen LogP contribution is 2.27. The largest absolute Gasteiger partial charge is 0.468 e. The van der Waals surface area contributed by atoms with Gasteiger partial charge >= 0.3 is 11.9 Å². The number of benzene rings is 2. The fourth-order valence-corrected chi connectivity index (χ4v) is 3.12. The lowest BCUT2D eigenvalue weighted by atomic mass is 10.0. The van der Waals surface area contributed by atoms with Gasteiger partial charge in [-0.1, -0.05) is 38.1 Å². The van der Waals surface area contributed by atoms with Crippen LogP contribution in [0.4, 0.5) is 0 Å². The lowest BCUT2D eigenvalue weighted by molar-refractivity contribution is -0.144. The van der Waals surface area contributed by atoms with Crippen molar-refractivity contribution in [3.8, 4) is 22.9 Å². The minimum atomic E-state index is -0.473. The second-order valence-electron chi connectivity index (χ2n) is 7.27. The molecule has 0 amide bonds. The molecule has 3 rings (SSSR count). The zero-order valence-electron chi connectivity index (χ0n) is 17.9. The predicted octanol–water partition coefficient (Wildman–Crippen LogP) is 3.48. The number of aromatic nitrogens is 2. The lowest BCUT2D eigenvalue weighted by Gasteiger charge is -2.19. The molecule has 0 radical (unpaired) electrons. The first-order valence-electron chi connectivity index (χ1n) is 9.86. The fourth-order valence-electron chi connectivity index (χ4n) is 3.12. The summed E-state index contributed by atoms with van der Waals surface area (Å²) in [5.41, 5.74) is 2.60. The van der Waals surface area contributed by atoms with E-state index in [1.807, 2.05) is 38.1 Å². The maximum absolute atomic E-state index is 12.0. The molecule has 0 bridgehead atoms. The number of hydrogen-bond acceptors (Lipinski definition) is 8. The normalized spacial score (nSPS) is 11.9. The Morgan fingerprint density at radius 3 is 2.29 bits per heavy atom. The number of nitrogens with one attached hydrogen (secondary N) is 1. The van der Waals surface area contributed by atoms with Crippen molar-refractivity contribution in [2.24, 2.45) is 5.92 Å². The van der Waals surface area contributed by atoms with Crippen LogP contribution in [0.1, 0.15) is 29.8 Å². The van der Waals surface area contributed by atoms with Crippen LogP contribution in [0, 0.1) is 5.92 Å². The number of rotatable bonds is 8. The van der Waals surface area contributed by atoms with Crippen molar-refractivity contribution >= 4 is 11.9 Å². The van der Waals surface area contributed by atoms with Crippen molar-refractivity contribution in [2.45, 2.75) is 26.4 Å². The van der Waals surface area contributed by atoms with Crippen LogP contribution in [-0.4, -0.2) is 42.4 Å². The van der Waals surface area contributed by atoms with E-state index in [4.69, 9.17) is 13.9 Å². The summed E-state index contributed by atoms with van der Waals surface area (Å²) in [5, 5.41) is 11.4. The average molecular weight is 423 g/mol. The van der Waals surface area contributed by atoms with Crippen LogP contribution >= 0.6 is 0 Å². The van der Waals surface area contributed by atoms with E-state index in [9.17, 15) is 9.59 Å². The van der Waals surface area contributed by atoms with Crippen LogP contribution in [0.2, 0.25) is 0 Å². The molecule has 0 spiro atoms. The van der Waals surface area contributed by atoms with Crippen molar-refractivity contribution in [1.29, 1.82) is 0 Å². The van der Waals surface area contributed by atoms with Gasteiger partial charge in [0.1, 0.15) is 6.04 Å². The summed E-state index contributed by atoms with van der Waals surface area (Å²) in [6.45, 7) is 4.44. The number of ether oxygens (including phenoxy) is 2. The molecule has 8 heteroatoms. The van der Waals surface area contributed by atoms with E-state index in [2.05, 4.69) is 15.5 Å². The Labute approximate surface area is 180 Å². The van der Waals surface area contributed by atoms with Crippen LogP contribution in [0.25, 0.3) is 22.9 Å². The molecule has 0 aliphatic rings. The molecule has 0 aliphatic heterocycles. The molecule has 2 aromatic carbocycles. The average Bonchev–Trinajstić information content (AvgIpc) is 3.28. The number of carbonyl (C=O) groups is 2. The smallest absolute Gasteiger partial charge is 0.338 e. The molecule has 3 aromatic rings. The number of methoxy groups -OCH3 is 2. The molecule has 0 saturated carbocycles. The Kier molecular flexibility index (Phi) is 7.15. The molecule has 0 unspecified atom stereocenters. The Morgan fingerprint density at radius 1 is 0.968 bits per heavy atom. The maximum Gasteiger partial charge on any atom is 0.338 e. The van der Waals surface area contributed by atoms with Gasteiger partial charge in [0.15, 0.2) is 0 Å². The van der Waals surface area contributed by atoms with E-state index >= 15 is 0 Å². The van der Waals surface area contributed by atoms with Gasteiger partial charge in [0.05, 0.1) is 25.3 Å². The number of carbonyl (C=O) groups excluding carboxylic acids is 2. The standard InChI is InChI=1S/C23H25N3O5/c1-14(2)19(23(28)30-4)24-13-15-9-11-16(12-10-15)20-25-26-21(31-20)17-7-5-6-8-18(17)22(27)29-3/h5-12,14,19,24H,13H2,1-4H3/t19-/m0/s1. The first-order valence-corrected chi connectivity index (χ1v) is 9.86. The summed E-state index contributed by atoms with van der Waals surface area (Å²) in [6, 6.07) is 14.1. The quantitative estimate of drug-likeness (QED) is 0.549. The highest BCUT2D eigenvalue weighted by atomic mass is 16.5. The minimum Gasteiger partial charge on any atom is -0.468 e. The van der Waals surface area contributed by atoms with Crippen molar-refractivity contribution in [2.75, 3.05) is 14.2 Å². The first kappa shape index (κ1) is 22.2. The van der Waals surface area contributed by atoms with Crippen molar-refractivity contribution in [1.82, 2.24) is 15.5 Å². The van der Waals surface area contributed by atoms with Gasteiger partial charge in [-0.05, 0) is 35.7 Å². The highest BCUT2D eigenvalue weighted by Gasteiger charge is 2.22. The molecule has 8 nitrogen and oxygen atoms in total. The first-order chi connectivity index (χ1) is 14.9. The number of hydrogen-bond donors (Lipinski definition) is 1. The van der Waals surface area contributed by atoms with Crippen molar-refractivity contribution < 1.29 is 23.5 Å². The monoisotopic (exact) mass is 423 g/mol. The Morgan fingerprint density at radius 2 is 1.65 bits per heavy atom. The summed E-state index contributed by atoms with van der Waals surface area (Å²) in [6.07, 6.45) is 0. The van der Waals surface area contributed by atoms with E-state index in [-0.39, 0.29) is 23.8 Å². The Hall–Kier alpha value is -3.52. The third kappa shape index (κ3) is 5.16. The molecule has 31 heavy (non-hydrogen) atoms. The van der Waals surface area contributed by atoms with Gasteiger partial charge in [-0.15, -0.1) is 10.2 Å². The van der Waals surface area contributed by atoms with Gasteiger partial charge in [-0.25, -0.2) is 4.79 Å². The fraction of sp³-hybridized carbons (Fsp3) is 0.304. The van der Waals surface area contributed by atoms with Gasteiger partial charge in [-0.2, -0.15) is 0 Å². The van der Waals surface area contributed by atoms with Gasteiger partial charge in [0, 0.05) is 12.1 Å². The van der Waals surface area contributed by atoms with Crippen LogP contribution in [0.3, 0.4) is 0 Å². The lowest BCUT2D eigenvalue weighted by Crippen LogP contribution is -2.41. The molecule has 1 heterocycles. The van der Waals surface area contributed by atoms with Gasteiger partial charge in [0.25, 0.3) is 0 Å². The topological polar surface area (TPSA) is 104 Å². The van der Waals surface area contributed by atoms with E-state index in [0.29, 0.717) is 23.6 Å².